The molecule has 0 spiro atoms. The van der Waals surface area contributed by atoms with Crippen LogP contribution >= 0.6 is 0 Å². The number of hydrogen-bond donors (Lipinski definition) is 0. The number of fused-ring (bicyclic) bond motifs is 1. The minimum atomic E-state index is -0.339. The van der Waals surface area contributed by atoms with Gasteiger partial charge in [0.05, 0.1) is 0 Å². The van der Waals surface area contributed by atoms with Gasteiger partial charge in [0.2, 0.25) is 0 Å². The average molecular weight is 216 g/mol. The van der Waals surface area contributed by atoms with Crippen molar-refractivity contribution in [3.8, 4) is 0 Å². The monoisotopic (exact) mass is 216 g/mol. The van der Waals surface area contributed by atoms with Crippen LogP contribution in [0, 0.1) is 5.82 Å². The van der Waals surface area contributed by atoms with Crippen LogP contribution in [0.2, 0.25) is 0 Å². The average Bonchev–Trinajstić information content (AvgIpc) is 2.56. The summed E-state index contributed by atoms with van der Waals surface area (Å²) in [5.74, 6) is 0.323. The normalized spacial score (nSPS) is 10.4. The minimum absolute atomic E-state index is 0.296. The Hall–Kier alpha value is -1.83. The standard InChI is InChI=1S/C14H13FO/c1-4-10-11-6-5-7-12(15)14(11)16-13(10)8-9(2)3/h4-8H,1H2,2-3H3. The predicted molar refractivity (Wildman–Crippen MR) is 65.6 cm³/mol. The van der Waals surface area contributed by atoms with E-state index in [0.717, 1.165) is 16.5 Å². The van der Waals surface area contributed by atoms with Crippen LogP contribution in [0.4, 0.5) is 4.39 Å². The fourth-order valence-corrected chi connectivity index (χ4v) is 1.70. The van der Waals surface area contributed by atoms with E-state index in [0.29, 0.717) is 11.3 Å². The van der Waals surface area contributed by atoms with Crippen molar-refractivity contribution in [3.05, 3.63) is 47.5 Å². The summed E-state index contributed by atoms with van der Waals surface area (Å²) >= 11 is 0. The van der Waals surface area contributed by atoms with Crippen molar-refractivity contribution in [2.24, 2.45) is 0 Å². The molecular weight excluding hydrogens is 203 g/mol. The van der Waals surface area contributed by atoms with Crippen LogP contribution in [0.1, 0.15) is 25.2 Å². The SMILES string of the molecule is C=Cc1c(C=C(C)C)oc2c(F)cccc12. The summed E-state index contributed by atoms with van der Waals surface area (Å²) in [6.45, 7) is 7.68. The molecule has 2 aromatic rings. The van der Waals surface area contributed by atoms with Crippen LogP contribution in [-0.4, -0.2) is 0 Å². The van der Waals surface area contributed by atoms with E-state index in [1.807, 2.05) is 26.0 Å². The van der Waals surface area contributed by atoms with E-state index in [1.165, 1.54) is 6.07 Å². The Labute approximate surface area is 93.9 Å². The molecule has 16 heavy (non-hydrogen) atoms. The highest BCUT2D eigenvalue weighted by atomic mass is 19.1. The molecule has 0 saturated heterocycles. The molecule has 0 aliphatic heterocycles. The van der Waals surface area contributed by atoms with Crippen LogP contribution in [-0.2, 0) is 0 Å². The summed E-state index contributed by atoms with van der Waals surface area (Å²) in [5, 5.41) is 0.766. The van der Waals surface area contributed by atoms with E-state index in [1.54, 1.807) is 12.1 Å². The lowest BCUT2D eigenvalue weighted by Gasteiger charge is -1.91. The Balaban J connectivity index is 2.81. The molecule has 0 fully saturated rings. The molecule has 1 heterocycles. The minimum Gasteiger partial charge on any atom is -0.453 e. The lowest BCUT2D eigenvalue weighted by atomic mass is 10.1. The second kappa shape index (κ2) is 3.97. The molecule has 2 rings (SSSR count). The van der Waals surface area contributed by atoms with E-state index < -0.39 is 0 Å². The summed E-state index contributed by atoms with van der Waals surface area (Å²) in [6, 6.07) is 4.90. The van der Waals surface area contributed by atoms with Gasteiger partial charge in [0.1, 0.15) is 5.76 Å². The van der Waals surface area contributed by atoms with Gasteiger partial charge >= 0.3 is 0 Å². The molecule has 1 aromatic carbocycles. The highest BCUT2D eigenvalue weighted by Crippen LogP contribution is 2.30. The quantitative estimate of drug-likeness (QED) is 0.712. The summed E-state index contributed by atoms with van der Waals surface area (Å²) < 4.78 is 19.0. The van der Waals surface area contributed by atoms with E-state index in [4.69, 9.17) is 4.42 Å². The van der Waals surface area contributed by atoms with Crippen LogP contribution in [0.15, 0.2) is 34.8 Å². The van der Waals surface area contributed by atoms with Gasteiger partial charge in [-0.1, -0.05) is 30.4 Å². The Bertz CT molecular complexity index is 572. The first-order chi connectivity index (χ1) is 7.63. The van der Waals surface area contributed by atoms with Crippen molar-refractivity contribution >= 4 is 23.1 Å². The highest BCUT2D eigenvalue weighted by Gasteiger charge is 2.12. The van der Waals surface area contributed by atoms with Gasteiger partial charge in [0.15, 0.2) is 11.4 Å². The molecule has 0 saturated carbocycles. The molecule has 0 N–H and O–H groups in total. The van der Waals surface area contributed by atoms with Gasteiger partial charge in [0, 0.05) is 10.9 Å². The molecule has 2 heteroatoms. The third-order valence-corrected chi connectivity index (χ3v) is 2.36. The van der Waals surface area contributed by atoms with Crippen LogP contribution in [0.25, 0.3) is 23.1 Å². The first-order valence-corrected chi connectivity index (χ1v) is 5.12. The molecule has 0 unspecified atom stereocenters. The van der Waals surface area contributed by atoms with Crippen molar-refractivity contribution in [2.45, 2.75) is 13.8 Å². The van der Waals surface area contributed by atoms with Gasteiger partial charge in [0.25, 0.3) is 0 Å². The predicted octanol–water partition coefficient (Wildman–Crippen LogP) is 4.64. The number of para-hydroxylation sites is 1. The lowest BCUT2D eigenvalue weighted by molar-refractivity contribution is 0.553. The molecule has 0 aliphatic rings. The van der Waals surface area contributed by atoms with E-state index in [-0.39, 0.29) is 5.82 Å². The van der Waals surface area contributed by atoms with Crippen molar-refractivity contribution in [1.29, 1.82) is 0 Å². The Morgan fingerprint density at radius 3 is 2.75 bits per heavy atom. The number of furan rings is 1. The molecule has 0 bridgehead atoms. The molecule has 0 amide bonds. The van der Waals surface area contributed by atoms with Gasteiger partial charge in [-0.25, -0.2) is 4.39 Å². The van der Waals surface area contributed by atoms with Crippen molar-refractivity contribution in [3.63, 3.8) is 0 Å². The van der Waals surface area contributed by atoms with E-state index in [9.17, 15) is 4.39 Å². The second-order valence-corrected chi connectivity index (χ2v) is 3.92. The topological polar surface area (TPSA) is 13.1 Å². The summed E-state index contributed by atoms with van der Waals surface area (Å²) in [4.78, 5) is 0. The maximum atomic E-state index is 13.5. The Kier molecular flexibility index (Phi) is 2.65. The maximum Gasteiger partial charge on any atom is 0.171 e. The molecule has 82 valence electrons. The van der Waals surface area contributed by atoms with Crippen LogP contribution < -0.4 is 0 Å². The Morgan fingerprint density at radius 2 is 2.12 bits per heavy atom. The number of rotatable bonds is 2. The smallest absolute Gasteiger partial charge is 0.171 e. The second-order valence-electron chi connectivity index (χ2n) is 3.92. The van der Waals surface area contributed by atoms with Gasteiger partial charge in [-0.2, -0.15) is 0 Å². The third-order valence-electron chi connectivity index (χ3n) is 2.36. The zero-order valence-electron chi connectivity index (χ0n) is 9.38. The third kappa shape index (κ3) is 1.67. The summed E-state index contributed by atoms with van der Waals surface area (Å²) in [5.41, 5.74) is 2.24. The van der Waals surface area contributed by atoms with Crippen LogP contribution in [0.3, 0.4) is 0 Å². The largest absolute Gasteiger partial charge is 0.453 e. The lowest BCUT2D eigenvalue weighted by Crippen LogP contribution is -1.74. The molecule has 1 nitrogen and oxygen atoms in total. The fraction of sp³-hybridized carbons (Fsp3) is 0.143. The Morgan fingerprint density at radius 1 is 1.38 bits per heavy atom. The fourth-order valence-electron chi connectivity index (χ4n) is 1.70. The number of allylic oxidation sites excluding steroid dienone is 1. The first-order valence-electron chi connectivity index (χ1n) is 5.12. The number of benzene rings is 1. The first kappa shape index (κ1) is 10.7. The van der Waals surface area contributed by atoms with Crippen molar-refractivity contribution < 1.29 is 8.81 Å². The molecule has 0 radical (unpaired) electrons. The summed E-state index contributed by atoms with van der Waals surface area (Å²) in [7, 11) is 0. The number of halogens is 1. The van der Waals surface area contributed by atoms with Gasteiger partial charge < -0.3 is 4.42 Å². The van der Waals surface area contributed by atoms with E-state index in [2.05, 4.69) is 6.58 Å². The van der Waals surface area contributed by atoms with E-state index >= 15 is 0 Å². The molecular formula is C14H13FO. The molecule has 0 aliphatic carbocycles. The van der Waals surface area contributed by atoms with Crippen LogP contribution in [0.5, 0.6) is 0 Å². The molecule has 0 atom stereocenters. The number of hydrogen-bond acceptors (Lipinski definition) is 1. The zero-order valence-corrected chi connectivity index (χ0v) is 9.38. The van der Waals surface area contributed by atoms with Gasteiger partial charge in [-0.3, -0.25) is 0 Å². The van der Waals surface area contributed by atoms with Crippen molar-refractivity contribution in [1.82, 2.24) is 0 Å². The van der Waals surface area contributed by atoms with Gasteiger partial charge in [-0.05, 0) is 26.0 Å². The highest BCUT2D eigenvalue weighted by molar-refractivity contribution is 5.91. The maximum absolute atomic E-state index is 13.5. The summed E-state index contributed by atoms with van der Waals surface area (Å²) in [6.07, 6.45) is 3.58. The zero-order chi connectivity index (χ0) is 11.7. The van der Waals surface area contributed by atoms with Crippen molar-refractivity contribution in [2.75, 3.05) is 0 Å². The molecule has 1 aromatic heterocycles. The van der Waals surface area contributed by atoms with Gasteiger partial charge in [-0.15, -0.1) is 0 Å².